The number of benzene rings is 2. The van der Waals surface area contributed by atoms with E-state index >= 15 is 0 Å². The predicted molar refractivity (Wildman–Crippen MR) is 118 cm³/mol. The van der Waals surface area contributed by atoms with Crippen LogP contribution in [-0.4, -0.2) is 67.1 Å². The normalized spacial score (nSPS) is 11.2. The molecule has 2 N–H and O–H groups in total. The second kappa shape index (κ2) is 14.2. The van der Waals surface area contributed by atoms with Gasteiger partial charge in [-0.2, -0.15) is 10.2 Å². The van der Waals surface area contributed by atoms with Crippen LogP contribution in [0.5, 0.6) is 5.75 Å². The number of carbonyl (C=O) groups is 1. The van der Waals surface area contributed by atoms with Gasteiger partial charge < -0.3 is 19.7 Å². The Kier molecular flexibility index (Phi) is 11.2. The van der Waals surface area contributed by atoms with Gasteiger partial charge in [-0.3, -0.25) is 4.90 Å². The molecule has 0 bridgehead atoms. The van der Waals surface area contributed by atoms with Crippen molar-refractivity contribution in [1.29, 1.82) is 0 Å². The monoisotopic (exact) mass is 429 g/mol. The van der Waals surface area contributed by atoms with Crippen LogP contribution in [0, 0.1) is 0 Å². The largest absolute Gasteiger partial charge is 0.494 e. The Labute approximate surface area is 183 Å². The molecule has 0 amide bonds. The number of ether oxygens (including phenoxy) is 2. The zero-order valence-corrected chi connectivity index (χ0v) is 17.9. The SMILES string of the molecule is CCOC(=O)c1ccc(N=Nc2ccc(OCCCCN(CCO)CCO)cc2)cc1. The molecular weight excluding hydrogens is 398 g/mol. The molecule has 0 aromatic heterocycles. The van der Waals surface area contributed by atoms with Gasteiger partial charge in [0.15, 0.2) is 0 Å². The zero-order chi connectivity index (χ0) is 22.3. The number of nitrogens with zero attached hydrogens (tertiary/aromatic N) is 3. The molecule has 0 saturated carbocycles. The van der Waals surface area contributed by atoms with Crippen molar-refractivity contribution in [3.8, 4) is 5.75 Å². The van der Waals surface area contributed by atoms with Crippen LogP contribution in [0.15, 0.2) is 58.8 Å². The number of unbranched alkanes of at least 4 members (excludes halogenated alkanes) is 1. The smallest absolute Gasteiger partial charge is 0.338 e. The van der Waals surface area contributed by atoms with Crippen LogP contribution in [0.1, 0.15) is 30.1 Å². The van der Waals surface area contributed by atoms with Gasteiger partial charge in [0.25, 0.3) is 0 Å². The molecule has 2 aromatic carbocycles. The maximum atomic E-state index is 11.7. The summed E-state index contributed by atoms with van der Waals surface area (Å²) >= 11 is 0. The van der Waals surface area contributed by atoms with Crippen molar-refractivity contribution >= 4 is 17.3 Å². The Morgan fingerprint density at radius 2 is 1.45 bits per heavy atom. The molecular formula is C23H31N3O5. The van der Waals surface area contributed by atoms with E-state index in [4.69, 9.17) is 19.7 Å². The predicted octanol–water partition coefficient (Wildman–Crippen LogP) is 3.72. The van der Waals surface area contributed by atoms with Crippen LogP contribution in [0.2, 0.25) is 0 Å². The molecule has 2 aromatic rings. The molecule has 0 atom stereocenters. The van der Waals surface area contributed by atoms with Crippen LogP contribution in [0.4, 0.5) is 11.4 Å². The average Bonchev–Trinajstić information content (AvgIpc) is 2.79. The van der Waals surface area contributed by atoms with Crippen LogP contribution >= 0.6 is 0 Å². The van der Waals surface area contributed by atoms with Gasteiger partial charge in [-0.1, -0.05) is 0 Å². The van der Waals surface area contributed by atoms with Gasteiger partial charge in [0.2, 0.25) is 0 Å². The number of aliphatic hydroxyl groups excluding tert-OH is 2. The van der Waals surface area contributed by atoms with Crippen LogP contribution < -0.4 is 4.74 Å². The minimum Gasteiger partial charge on any atom is -0.494 e. The topological polar surface area (TPSA) is 104 Å². The zero-order valence-electron chi connectivity index (χ0n) is 17.9. The molecule has 0 saturated heterocycles. The van der Waals surface area contributed by atoms with E-state index in [-0.39, 0.29) is 19.2 Å². The maximum Gasteiger partial charge on any atom is 0.338 e. The van der Waals surface area contributed by atoms with E-state index in [1.807, 2.05) is 29.2 Å². The molecule has 2 rings (SSSR count). The van der Waals surface area contributed by atoms with E-state index < -0.39 is 0 Å². The third-order valence-corrected chi connectivity index (χ3v) is 4.47. The first-order valence-electron chi connectivity index (χ1n) is 10.5. The number of azo groups is 1. The first-order chi connectivity index (χ1) is 15.2. The molecule has 0 aliphatic heterocycles. The minimum absolute atomic E-state index is 0.0963. The molecule has 8 heteroatoms. The molecule has 8 nitrogen and oxygen atoms in total. The summed E-state index contributed by atoms with van der Waals surface area (Å²) in [5, 5.41) is 26.4. The third-order valence-electron chi connectivity index (χ3n) is 4.47. The lowest BCUT2D eigenvalue weighted by molar-refractivity contribution is 0.0526. The summed E-state index contributed by atoms with van der Waals surface area (Å²) in [4.78, 5) is 13.7. The van der Waals surface area contributed by atoms with Gasteiger partial charge in [-0.25, -0.2) is 4.79 Å². The van der Waals surface area contributed by atoms with Crippen molar-refractivity contribution < 1.29 is 24.5 Å². The maximum absolute atomic E-state index is 11.7. The van der Waals surface area contributed by atoms with Crippen molar-refractivity contribution in [3.05, 3.63) is 54.1 Å². The fraction of sp³-hybridized carbons (Fsp3) is 0.435. The first kappa shape index (κ1) is 24.5. The Balaban J connectivity index is 1.74. The molecule has 0 aliphatic rings. The number of carbonyl (C=O) groups excluding carboxylic acids is 1. The van der Waals surface area contributed by atoms with E-state index in [1.54, 1.807) is 31.2 Å². The fourth-order valence-corrected chi connectivity index (χ4v) is 2.85. The minimum atomic E-state index is -0.353. The van der Waals surface area contributed by atoms with Gasteiger partial charge >= 0.3 is 5.97 Å². The molecule has 0 heterocycles. The number of hydrogen-bond donors (Lipinski definition) is 2. The fourth-order valence-electron chi connectivity index (χ4n) is 2.85. The van der Waals surface area contributed by atoms with Crippen molar-refractivity contribution in [2.24, 2.45) is 10.2 Å². The number of aliphatic hydroxyl groups is 2. The summed E-state index contributed by atoms with van der Waals surface area (Å²) in [6.07, 6.45) is 1.82. The van der Waals surface area contributed by atoms with E-state index in [1.165, 1.54) is 0 Å². The Bertz CT molecular complexity index is 788. The lowest BCUT2D eigenvalue weighted by Crippen LogP contribution is -2.31. The highest BCUT2D eigenvalue weighted by atomic mass is 16.5. The molecule has 0 spiro atoms. The lowest BCUT2D eigenvalue weighted by Gasteiger charge is -2.19. The van der Waals surface area contributed by atoms with Gasteiger partial charge in [-0.05, 0) is 74.8 Å². The van der Waals surface area contributed by atoms with Crippen molar-refractivity contribution in [1.82, 2.24) is 4.90 Å². The highest BCUT2D eigenvalue weighted by Gasteiger charge is 2.05. The van der Waals surface area contributed by atoms with Crippen LogP contribution in [0.3, 0.4) is 0 Å². The summed E-state index contributed by atoms with van der Waals surface area (Å²) in [6, 6.07) is 14.1. The number of esters is 1. The standard InChI is InChI=1S/C23H31N3O5/c1-2-30-23(29)19-5-7-20(8-6-19)24-25-21-9-11-22(12-10-21)31-18-4-3-13-26(14-16-27)15-17-28/h5-12,27-28H,2-4,13-18H2,1H3. The molecule has 168 valence electrons. The quantitative estimate of drug-likeness (QED) is 0.269. The molecule has 0 fully saturated rings. The molecule has 0 radical (unpaired) electrons. The van der Waals surface area contributed by atoms with Gasteiger partial charge in [-0.15, -0.1) is 0 Å². The van der Waals surface area contributed by atoms with E-state index in [9.17, 15) is 4.79 Å². The van der Waals surface area contributed by atoms with Gasteiger partial charge in [0.05, 0.1) is 43.4 Å². The average molecular weight is 430 g/mol. The summed E-state index contributed by atoms with van der Waals surface area (Å²) < 4.78 is 10.7. The van der Waals surface area contributed by atoms with Crippen LogP contribution in [0.25, 0.3) is 0 Å². The van der Waals surface area contributed by atoms with Gasteiger partial charge in [0.1, 0.15) is 5.75 Å². The summed E-state index contributed by atoms with van der Waals surface area (Å²) in [5.74, 6) is 0.412. The van der Waals surface area contributed by atoms with Crippen molar-refractivity contribution in [2.45, 2.75) is 19.8 Å². The second-order valence-electron chi connectivity index (χ2n) is 6.81. The second-order valence-corrected chi connectivity index (χ2v) is 6.81. The van der Waals surface area contributed by atoms with Crippen molar-refractivity contribution in [3.63, 3.8) is 0 Å². The van der Waals surface area contributed by atoms with E-state index in [0.29, 0.717) is 43.2 Å². The van der Waals surface area contributed by atoms with E-state index in [0.717, 1.165) is 25.1 Å². The number of hydrogen-bond acceptors (Lipinski definition) is 8. The van der Waals surface area contributed by atoms with E-state index in [2.05, 4.69) is 10.2 Å². The molecule has 31 heavy (non-hydrogen) atoms. The highest BCUT2D eigenvalue weighted by molar-refractivity contribution is 5.89. The third kappa shape index (κ3) is 9.25. The summed E-state index contributed by atoms with van der Waals surface area (Å²) in [7, 11) is 0. The Hall–Kier alpha value is -2.81. The highest BCUT2D eigenvalue weighted by Crippen LogP contribution is 2.22. The Morgan fingerprint density at radius 3 is 2.00 bits per heavy atom. The lowest BCUT2D eigenvalue weighted by atomic mass is 10.2. The Morgan fingerprint density at radius 1 is 0.871 bits per heavy atom. The van der Waals surface area contributed by atoms with Gasteiger partial charge in [0, 0.05) is 13.1 Å². The molecule has 0 aliphatic carbocycles. The summed E-state index contributed by atoms with van der Waals surface area (Å²) in [6.45, 7) is 4.88. The van der Waals surface area contributed by atoms with Crippen molar-refractivity contribution in [2.75, 3.05) is 46.1 Å². The number of rotatable bonds is 14. The molecule has 0 unspecified atom stereocenters. The first-order valence-corrected chi connectivity index (χ1v) is 10.5. The van der Waals surface area contributed by atoms with Crippen LogP contribution in [-0.2, 0) is 4.74 Å². The summed E-state index contributed by atoms with van der Waals surface area (Å²) in [5.41, 5.74) is 1.83.